The van der Waals surface area contributed by atoms with Crippen molar-refractivity contribution in [2.75, 3.05) is 18.6 Å². The number of primary amides is 1. The number of nitrogens with zero attached hydrogens (tertiary/aromatic N) is 1. The van der Waals surface area contributed by atoms with Crippen LogP contribution in [0.1, 0.15) is 23.7 Å². The Hall–Kier alpha value is -2.14. The number of carbonyl (C=O) groups is 2. The molecule has 0 saturated carbocycles. The molecule has 2 N–H and O–H groups in total. The molecule has 5 heteroatoms. The van der Waals surface area contributed by atoms with Gasteiger partial charge in [-0.2, -0.15) is 0 Å². The highest BCUT2D eigenvalue weighted by Crippen LogP contribution is 2.15. The van der Waals surface area contributed by atoms with Gasteiger partial charge in [-0.3, -0.25) is 9.59 Å². The van der Waals surface area contributed by atoms with Gasteiger partial charge >= 0.3 is 0 Å². The van der Waals surface area contributed by atoms with Crippen LogP contribution < -0.4 is 10.6 Å². The van der Waals surface area contributed by atoms with Crippen LogP contribution in [0.2, 0.25) is 0 Å². The fourth-order valence-electron chi connectivity index (χ4n) is 1.65. The van der Waals surface area contributed by atoms with E-state index in [0.29, 0.717) is 24.3 Å². The molecule has 1 unspecified atom stereocenters. The summed E-state index contributed by atoms with van der Waals surface area (Å²) in [6.45, 7) is 5.77. The topological polar surface area (TPSA) is 72.6 Å². The first-order valence-corrected chi connectivity index (χ1v) is 6.37. The molecular formula is C15H20N2O3. The predicted octanol–water partition coefficient (Wildman–Crippen LogP) is 1.73. The average molecular weight is 276 g/mol. The minimum absolute atomic E-state index is 0.152. The summed E-state index contributed by atoms with van der Waals surface area (Å²) in [4.78, 5) is 24.6. The van der Waals surface area contributed by atoms with Crippen molar-refractivity contribution in [1.82, 2.24) is 0 Å². The zero-order valence-electron chi connectivity index (χ0n) is 11.8. The predicted molar refractivity (Wildman–Crippen MR) is 78.6 cm³/mol. The van der Waals surface area contributed by atoms with E-state index in [1.165, 1.54) is 4.90 Å². The smallest absolute Gasteiger partial charge is 0.255 e. The summed E-state index contributed by atoms with van der Waals surface area (Å²) in [6.07, 6.45) is 1.91. The lowest BCUT2D eigenvalue weighted by Crippen LogP contribution is -2.36. The third kappa shape index (κ3) is 4.20. The Balaban J connectivity index is 2.68. The second-order valence-electron chi connectivity index (χ2n) is 4.40. The summed E-state index contributed by atoms with van der Waals surface area (Å²) < 4.78 is 5.41. The van der Waals surface area contributed by atoms with Gasteiger partial charge in [-0.15, -0.1) is 6.58 Å². The molecule has 0 bridgehead atoms. The van der Waals surface area contributed by atoms with Gasteiger partial charge in [0.1, 0.15) is 6.10 Å². The fraction of sp³-hybridized carbons (Fsp3) is 0.333. The van der Waals surface area contributed by atoms with Crippen LogP contribution in [0, 0.1) is 0 Å². The molecule has 0 spiro atoms. The molecule has 1 aromatic carbocycles. The Bertz CT molecular complexity index is 482. The van der Waals surface area contributed by atoms with Crippen LogP contribution in [0.5, 0.6) is 0 Å². The van der Waals surface area contributed by atoms with Crippen LogP contribution in [-0.4, -0.2) is 31.6 Å². The Labute approximate surface area is 119 Å². The maximum Gasteiger partial charge on any atom is 0.255 e. The molecule has 0 aliphatic carbocycles. The Morgan fingerprint density at radius 2 is 2.00 bits per heavy atom. The molecule has 0 aliphatic heterocycles. The van der Waals surface area contributed by atoms with E-state index in [0.717, 1.165) is 0 Å². The number of hydrogen-bond donors (Lipinski definition) is 1. The van der Waals surface area contributed by atoms with Gasteiger partial charge in [0.15, 0.2) is 0 Å². The molecule has 108 valence electrons. The minimum Gasteiger partial charge on any atom is -0.368 e. The summed E-state index contributed by atoms with van der Waals surface area (Å²) in [5.41, 5.74) is 6.26. The number of hydrogen-bond acceptors (Lipinski definition) is 3. The molecule has 0 fully saturated rings. The lowest BCUT2D eigenvalue weighted by Gasteiger charge is -2.21. The van der Waals surface area contributed by atoms with E-state index < -0.39 is 12.0 Å². The Morgan fingerprint density at radius 3 is 2.50 bits per heavy atom. The van der Waals surface area contributed by atoms with Gasteiger partial charge in [-0.25, -0.2) is 0 Å². The molecule has 0 aromatic heterocycles. The van der Waals surface area contributed by atoms with Gasteiger partial charge in [0.25, 0.3) is 5.91 Å². The summed E-state index contributed by atoms with van der Waals surface area (Å²) in [5.74, 6) is -0.646. The standard InChI is InChI=1S/C15H20N2O3/c1-4-5-10-20-11(2)15(19)17(3)13-8-6-12(7-9-13)14(16)18/h4,6-9,11H,1,5,10H2,2-3H3,(H2,16,18). The third-order valence-electron chi connectivity index (χ3n) is 2.91. The first-order valence-electron chi connectivity index (χ1n) is 6.37. The number of nitrogens with two attached hydrogens (primary N) is 1. The van der Waals surface area contributed by atoms with Gasteiger partial charge in [0.05, 0.1) is 6.61 Å². The van der Waals surface area contributed by atoms with Crippen LogP contribution in [0.4, 0.5) is 5.69 Å². The summed E-state index contributed by atoms with van der Waals surface area (Å²) in [7, 11) is 1.66. The van der Waals surface area contributed by atoms with Crippen LogP contribution >= 0.6 is 0 Å². The molecule has 20 heavy (non-hydrogen) atoms. The van der Waals surface area contributed by atoms with Gasteiger partial charge in [0, 0.05) is 18.3 Å². The lowest BCUT2D eigenvalue weighted by atomic mass is 10.2. The number of likely N-dealkylation sites (N-methyl/N-ethyl adjacent to an activating group) is 1. The molecule has 0 saturated heterocycles. The van der Waals surface area contributed by atoms with Gasteiger partial charge in [-0.05, 0) is 37.6 Å². The number of rotatable bonds is 7. The van der Waals surface area contributed by atoms with Crippen molar-refractivity contribution in [2.24, 2.45) is 5.73 Å². The zero-order valence-corrected chi connectivity index (χ0v) is 11.8. The molecule has 1 aromatic rings. The monoisotopic (exact) mass is 276 g/mol. The van der Waals surface area contributed by atoms with Crippen molar-refractivity contribution in [1.29, 1.82) is 0 Å². The fourth-order valence-corrected chi connectivity index (χ4v) is 1.65. The average Bonchev–Trinajstić information content (AvgIpc) is 2.46. The summed E-state index contributed by atoms with van der Waals surface area (Å²) in [5, 5.41) is 0. The quantitative estimate of drug-likeness (QED) is 0.609. The van der Waals surface area contributed by atoms with E-state index in [9.17, 15) is 9.59 Å². The second-order valence-corrected chi connectivity index (χ2v) is 4.40. The molecule has 1 atom stereocenters. The molecule has 1 rings (SSSR count). The number of benzene rings is 1. The van der Waals surface area contributed by atoms with E-state index in [1.54, 1.807) is 44.3 Å². The molecular weight excluding hydrogens is 256 g/mol. The molecule has 5 nitrogen and oxygen atoms in total. The van der Waals surface area contributed by atoms with Gasteiger partial charge in [0.2, 0.25) is 5.91 Å². The van der Waals surface area contributed by atoms with Gasteiger partial charge in [-0.1, -0.05) is 6.08 Å². The normalized spacial score (nSPS) is 11.7. The highest BCUT2D eigenvalue weighted by Gasteiger charge is 2.19. The first kappa shape index (κ1) is 15.9. The van der Waals surface area contributed by atoms with E-state index >= 15 is 0 Å². The lowest BCUT2D eigenvalue weighted by molar-refractivity contribution is -0.128. The summed E-state index contributed by atoms with van der Waals surface area (Å²) in [6, 6.07) is 6.53. The molecule has 0 aliphatic rings. The van der Waals surface area contributed by atoms with E-state index in [-0.39, 0.29) is 5.91 Å². The molecule has 0 heterocycles. The maximum absolute atomic E-state index is 12.1. The SMILES string of the molecule is C=CCCOC(C)C(=O)N(C)c1ccc(C(N)=O)cc1. The maximum atomic E-state index is 12.1. The Kier molecular flexibility index (Phi) is 5.93. The summed E-state index contributed by atoms with van der Waals surface area (Å²) >= 11 is 0. The van der Waals surface area contributed by atoms with Crippen LogP contribution in [-0.2, 0) is 9.53 Å². The largest absolute Gasteiger partial charge is 0.368 e. The highest BCUT2D eigenvalue weighted by molar-refractivity contribution is 5.97. The van der Waals surface area contributed by atoms with Crippen molar-refractivity contribution in [3.63, 3.8) is 0 Å². The van der Waals surface area contributed by atoms with Crippen molar-refractivity contribution in [3.8, 4) is 0 Å². The highest BCUT2D eigenvalue weighted by atomic mass is 16.5. The van der Waals surface area contributed by atoms with Crippen LogP contribution in [0.3, 0.4) is 0 Å². The number of amides is 2. The van der Waals surface area contributed by atoms with E-state index in [4.69, 9.17) is 10.5 Å². The van der Waals surface area contributed by atoms with Crippen molar-refractivity contribution >= 4 is 17.5 Å². The first-order chi connectivity index (χ1) is 9.47. The van der Waals surface area contributed by atoms with E-state index in [2.05, 4.69) is 6.58 Å². The third-order valence-corrected chi connectivity index (χ3v) is 2.91. The minimum atomic E-state index is -0.532. The molecule has 0 radical (unpaired) electrons. The van der Waals surface area contributed by atoms with Crippen molar-refractivity contribution in [2.45, 2.75) is 19.4 Å². The Morgan fingerprint density at radius 1 is 1.40 bits per heavy atom. The second kappa shape index (κ2) is 7.45. The number of anilines is 1. The van der Waals surface area contributed by atoms with Crippen LogP contribution in [0.25, 0.3) is 0 Å². The van der Waals surface area contributed by atoms with E-state index in [1.807, 2.05) is 0 Å². The molecule has 2 amide bonds. The zero-order chi connectivity index (χ0) is 15.1. The number of carbonyl (C=O) groups excluding carboxylic acids is 2. The van der Waals surface area contributed by atoms with Crippen LogP contribution in [0.15, 0.2) is 36.9 Å². The number of ether oxygens (including phenoxy) is 1. The van der Waals surface area contributed by atoms with Crippen molar-refractivity contribution < 1.29 is 14.3 Å². The van der Waals surface area contributed by atoms with Crippen molar-refractivity contribution in [3.05, 3.63) is 42.5 Å². The van der Waals surface area contributed by atoms with Gasteiger partial charge < -0.3 is 15.4 Å².